The monoisotopic (exact) mass is 652 g/mol. The van der Waals surface area contributed by atoms with Crippen molar-refractivity contribution in [1.82, 2.24) is 19.7 Å². The third kappa shape index (κ3) is 8.32. The number of carbonyl (C=O) groups is 1. The van der Waals surface area contributed by atoms with Crippen molar-refractivity contribution in [2.45, 2.75) is 84.1 Å². The second-order valence-corrected chi connectivity index (χ2v) is 15.1. The summed E-state index contributed by atoms with van der Waals surface area (Å²) in [6, 6.07) is 22.3. The van der Waals surface area contributed by atoms with E-state index in [4.69, 9.17) is 9.47 Å². The van der Waals surface area contributed by atoms with E-state index in [1.54, 1.807) is 25.6 Å². The summed E-state index contributed by atoms with van der Waals surface area (Å²) in [5, 5.41) is 19.7. The zero-order valence-electron chi connectivity index (χ0n) is 28.3. The lowest BCUT2D eigenvalue weighted by molar-refractivity contribution is -0.146. The Balaban J connectivity index is 1.53. The minimum Gasteiger partial charge on any atom is -0.487 e. The number of pyridine rings is 1. The summed E-state index contributed by atoms with van der Waals surface area (Å²) in [4.78, 5) is 18.0. The molecule has 47 heavy (non-hydrogen) atoms. The van der Waals surface area contributed by atoms with Crippen LogP contribution in [0.1, 0.15) is 71.0 Å². The summed E-state index contributed by atoms with van der Waals surface area (Å²) in [6.07, 6.45) is 3.21. The Bertz CT molecular complexity index is 1820. The molecule has 9 heteroatoms. The predicted octanol–water partition coefficient (Wildman–Crippen LogP) is 8.63. The summed E-state index contributed by atoms with van der Waals surface area (Å²) in [6.45, 7) is 15.6. The fourth-order valence-corrected chi connectivity index (χ4v) is 6.47. The Morgan fingerprint density at radius 1 is 0.894 bits per heavy atom. The minimum absolute atomic E-state index is 0.108. The molecule has 0 unspecified atom stereocenters. The second-order valence-electron chi connectivity index (χ2n) is 13.3. The van der Waals surface area contributed by atoms with Gasteiger partial charge in [0.1, 0.15) is 12.4 Å². The first-order valence-corrected chi connectivity index (χ1v) is 16.9. The number of carboxylic acids is 1. The number of rotatable bonds is 13. The molecule has 0 saturated carbocycles. The van der Waals surface area contributed by atoms with Crippen LogP contribution in [0, 0.1) is 5.41 Å². The molecule has 0 amide bonds. The summed E-state index contributed by atoms with van der Waals surface area (Å²) in [5.41, 5.74) is 5.94. The first-order valence-electron chi connectivity index (χ1n) is 16.1. The minimum atomic E-state index is -0.967. The zero-order valence-corrected chi connectivity index (χ0v) is 29.1. The van der Waals surface area contributed by atoms with Crippen LogP contribution in [0.15, 0.2) is 77.8 Å². The van der Waals surface area contributed by atoms with Crippen LogP contribution in [0.2, 0.25) is 0 Å². The lowest BCUT2D eigenvalue weighted by Crippen LogP contribution is -2.28. The molecule has 0 aliphatic heterocycles. The van der Waals surface area contributed by atoms with Crippen LogP contribution in [-0.2, 0) is 30.8 Å². The average Bonchev–Trinajstić information content (AvgIpc) is 3.30. The zero-order chi connectivity index (χ0) is 33.8. The van der Waals surface area contributed by atoms with Crippen molar-refractivity contribution in [3.63, 3.8) is 0 Å². The fraction of sp³-hybridized carbons (Fsp3) is 0.368. The molecule has 8 nitrogen and oxygen atoms in total. The maximum atomic E-state index is 12.4. The van der Waals surface area contributed by atoms with Gasteiger partial charge in [0.15, 0.2) is 0 Å². The number of carboxylic acid groups (broad SMARTS) is 1. The average molecular weight is 653 g/mol. The third-order valence-electron chi connectivity index (χ3n) is 7.89. The highest BCUT2D eigenvalue weighted by Gasteiger charge is 2.33. The summed E-state index contributed by atoms with van der Waals surface area (Å²) < 4.78 is 13.8. The summed E-state index contributed by atoms with van der Waals surface area (Å²) >= 11 is 1.77. The second kappa shape index (κ2) is 14.2. The molecule has 0 aliphatic carbocycles. The lowest BCUT2D eigenvalue weighted by atomic mass is 9.88. The summed E-state index contributed by atoms with van der Waals surface area (Å²) in [5.74, 6) is 0.424. The van der Waals surface area contributed by atoms with Crippen molar-refractivity contribution in [2.24, 2.45) is 5.41 Å². The predicted molar refractivity (Wildman–Crippen MR) is 188 cm³/mol. The molecule has 0 spiro atoms. The van der Waals surface area contributed by atoms with Gasteiger partial charge in [0, 0.05) is 57.0 Å². The van der Waals surface area contributed by atoms with E-state index in [1.807, 2.05) is 49.5 Å². The van der Waals surface area contributed by atoms with E-state index in [0.717, 1.165) is 56.2 Å². The first kappa shape index (κ1) is 34.0. The van der Waals surface area contributed by atoms with Crippen LogP contribution < -0.4 is 9.47 Å². The third-order valence-corrected chi connectivity index (χ3v) is 9.16. The van der Waals surface area contributed by atoms with E-state index in [1.165, 1.54) is 5.56 Å². The molecule has 3 heterocycles. The topological polar surface area (TPSA) is 99.4 Å². The van der Waals surface area contributed by atoms with Gasteiger partial charge in [-0.1, -0.05) is 58.0 Å². The molecule has 2 aromatic carbocycles. The van der Waals surface area contributed by atoms with Crippen molar-refractivity contribution >= 4 is 28.6 Å². The molecule has 0 radical (unpaired) electrons. The number of thioether (sulfide) groups is 1. The lowest BCUT2D eigenvalue weighted by Gasteiger charge is -2.24. The SMILES string of the molecule is CCOc1ccc(-c2ccc(Cn3c(CC(C)(C)C(=O)O)c(SC(C)(C)C)c4cc(OCc5ccc(CC)cn5)ccc43)cc2)nn1. The van der Waals surface area contributed by atoms with Crippen LogP contribution in [-0.4, -0.2) is 42.2 Å². The van der Waals surface area contributed by atoms with Crippen molar-refractivity contribution in [1.29, 1.82) is 0 Å². The highest BCUT2D eigenvalue weighted by atomic mass is 32.2. The normalized spacial score (nSPS) is 12.0. The maximum Gasteiger partial charge on any atom is 0.309 e. The highest BCUT2D eigenvalue weighted by molar-refractivity contribution is 8.00. The Kier molecular flexibility index (Phi) is 10.2. The van der Waals surface area contributed by atoms with Crippen molar-refractivity contribution in [2.75, 3.05) is 6.61 Å². The van der Waals surface area contributed by atoms with E-state index >= 15 is 0 Å². The maximum absolute atomic E-state index is 12.4. The van der Waals surface area contributed by atoms with Crippen molar-refractivity contribution < 1.29 is 19.4 Å². The van der Waals surface area contributed by atoms with E-state index in [-0.39, 0.29) is 4.75 Å². The van der Waals surface area contributed by atoms with Crippen LogP contribution in [0.3, 0.4) is 0 Å². The number of nitrogens with zero attached hydrogens (tertiary/aromatic N) is 4. The molecule has 5 aromatic rings. The molecular formula is C38H44N4O4S. The number of aromatic nitrogens is 4. The number of benzene rings is 2. The van der Waals surface area contributed by atoms with Gasteiger partial charge >= 0.3 is 5.97 Å². The number of aryl methyl sites for hydroxylation is 1. The quantitative estimate of drug-likeness (QED) is 0.126. The van der Waals surface area contributed by atoms with Gasteiger partial charge in [-0.25, -0.2) is 0 Å². The van der Waals surface area contributed by atoms with Gasteiger partial charge in [0.2, 0.25) is 5.88 Å². The molecule has 0 aliphatic rings. The van der Waals surface area contributed by atoms with Gasteiger partial charge in [-0.2, -0.15) is 0 Å². The molecule has 1 N–H and O–H groups in total. The Morgan fingerprint density at radius 2 is 1.64 bits per heavy atom. The molecule has 246 valence electrons. The molecule has 0 atom stereocenters. The van der Waals surface area contributed by atoms with Gasteiger partial charge < -0.3 is 19.1 Å². The van der Waals surface area contributed by atoms with Gasteiger partial charge in [0.05, 0.1) is 23.4 Å². The van der Waals surface area contributed by atoms with Crippen LogP contribution >= 0.6 is 11.8 Å². The number of ether oxygens (including phenoxy) is 2. The number of aliphatic carboxylic acids is 1. The van der Waals surface area contributed by atoms with Crippen LogP contribution in [0.25, 0.3) is 22.2 Å². The van der Waals surface area contributed by atoms with Gasteiger partial charge in [-0.3, -0.25) is 9.78 Å². The van der Waals surface area contributed by atoms with Gasteiger partial charge in [-0.15, -0.1) is 22.0 Å². The Hall–Kier alpha value is -4.37. The van der Waals surface area contributed by atoms with Crippen LogP contribution in [0.5, 0.6) is 11.6 Å². The Labute approximate surface area is 281 Å². The molecular weight excluding hydrogens is 609 g/mol. The Morgan fingerprint density at radius 3 is 2.23 bits per heavy atom. The molecule has 5 rings (SSSR count). The van der Waals surface area contributed by atoms with E-state index in [0.29, 0.717) is 32.1 Å². The molecule has 0 bridgehead atoms. The molecule has 3 aromatic heterocycles. The van der Waals surface area contributed by atoms with Crippen molar-refractivity contribution in [3.05, 3.63) is 95.4 Å². The number of hydrogen-bond donors (Lipinski definition) is 1. The van der Waals surface area contributed by atoms with Crippen LogP contribution in [0.4, 0.5) is 0 Å². The largest absolute Gasteiger partial charge is 0.487 e. The fourth-order valence-electron chi connectivity index (χ4n) is 5.29. The van der Waals surface area contributed by atoms with Crippen molar-refractivity contribution in [3.8, 4) is 22.9 Å². The summed E-state index contributed by atoms with van der Waals surface area (Å²) in [7, 11) is 0. The molecule has 0 fully saturated rings. The van der Waals surface area contributed by atoms with E-state index in [2.05, 4.69) is 77.8 Å². The van der Waals surface area contributed by atoms with Gasteiger partial charge in [-0.05, 0) is 68.7 Å². The van der Waals surface area contributed by atoms with E-state index < -0.39 is 11.4 Å². The molecule has 0 saturated heterocycles. The smallest absolute Gasteiger partial charge is 0.309 e. The first-order chi connectivity index (χ1) is 22.4. The number of fused-ring (bicyclic) bond motifs is 1. The van der Waals surface area contributed by atoms with Gasteiger partial charge in [0.25, 0.3) is 0 Å². The number of hydrogen-bond acceptors (Lipinski definition) is 7. The van der Waals surface area contributed by atoms with E-state index in [9.17, 15) is 9.90 Å². The highest BCUT2D eigenvalue weighted by Crippen LogP contribution is 2.44. The standard InChI is InChI=1S/C38H44N4O4S/c1-8-25-12-15-28(39-22-25)24-46-29-16-18-32-30(20-29)35(47-37(3,4)5)33(21-38(6,7)36(43)44)42(32)23-26-10-13-27(14-11-26)31-17-19-34(41-40-31)45-9-2/h10-20,22H,8-9,21,23-24H2,1-7H3,(H,43,44).